The van der Waals surface area contributed by atoms with Crippen LogP contribution in [0.15, 0.2) is 30.3 Å². The lowest BCUT2D eigenvalue weighted by Gasteiger charge is -2.33. The van der Waals surface area contributed by atoms with Crippen molar-refractivity contribution < 1.29 is 9.59 Å². The summed E-state index contributed by atoms with van der Waals surface area (Å²) in [6, 6.07) is 9.27. The molecule has 24 heavy (non-hydrogen) atoms. The molecule has 134 valence electrons. The third kappa shape index (κ3) is 6.49. The van der Waals surface area contributed by atoms with Gasteiger partial charge in [0.2, 0.25) is 5.91 Å². The summed E-state index contributed by atoms with van der Waals surface area (Å²) in [6.07, 6.45) is 3.29. The van der Waals surface area contributed by atoms with E-state index in [-0.39, 0.29) is 30.3 Å². The second kappa shape index (κ2) is 10.3. The van der Waals surface area contributed by atoms with Gasteiger partial charge in [0.1, 0.15) is 0 Å². The smallest absolute Gasteiger partial charge is 0.251 e. The molecule has 0 aliphatic carbocycles. The Bertz CT molecular complexity index is 522. The predicted molar refractivity (Wildman–Crippen MR) is 98.2 cm³/mol. The first-order chi connectivity index (χ1) is 11.1. The van der Waals surface area contributed by atoms with Gasteiger partial charge < -0.3 is 16.0 Å². The topological polar surface area (TPSA) is 75.4 Å². The van der Waals surface area contributed by atoms with E-state index in [2.05, 4.69) is 5.32 Å². The quantitative estimate of drug-likeness (QED) is 0.823. The molecule has 1 saturated heterocycles. The fourth-order valence-electron chi connectivity index (χ4n) is 2.90. The van der Waals surface area contributed by atoms with Crippen LogP contribution in [-0.4, -0.2) is 42.4 Å². The second-order valence-corrected chi connectivity index (χ2v) is 6.44. The molecule has 6 heteroatoms. The summed E-state index contributed by atoms with van der Waals surface area (Å²) in [5.41, 5.74) is 6.39. The number of amides is 2. The number of halogens is 1. The zero-order valence-corrected chi connectivity index (χ0v) is 15.1. The number of nitrogens with two attached hydrogens (primary N) is 1. The number of piperidine rings is 1. The van der Waals surface area contributed by atoms with Gasteiger partial charge in [-0.1, -0.05) is 18.2 Å². The van der Waals surface area contributed by atoms with Gasteiger partial charge in [-0.3, -0.25) is 9.59 Å². The number of nitrogens with one attached hydrogen (secondary N) is 1. The van der Waals surface area contributed by atoms with Crippen molar-refractivity contribution >= 4 is 24.2 Å². The van der Waals surface area contributed by atoms with Gasteiger partial charge in [-0.15, -0.1) is 12.4 Å². The van der Waals surface area contributed by atoms with Crippen LogP contribution in [0, 0.1) is 5.92 Å². The lowest BCUT2D eigenvalue weighted by molar-refractivity contribution is -0.133. The molecule has 2 atom stereocenters. The first-order valence-electron chi connectivity index (χ1n) is 8.43. The third-order valence-electron chi connectivity index (χ3n) is 4.27. The first kappa shape index (κ1) is 20.5. The standard InChI is InChI=1S/C18H27N3O2.ClH/c1-14(19)9-10-17(22)21-11-5-6-15(13-21)12-20-18(23)16-7-3-2-4-8-16;/h2-4,7-8,14-15H,5-6,9-13,19H2,1H3,(H,20,23);1H. The number of carbonyl (C=O) groups excluding carboxylic acids is 2. The van der Waals surface area contributed by atoms with Crippen molar-refractivity contribution in [3.63, 3.8) is 0 Å². The number of likely N-dealkylation sites (tertiary alicyclic amines) is 1. The second-order valence-electron chi connectivity index (χ2n) is 6.44. The molecule has 1 aliphatic rings. The van der Waals surface area contributed by atoms with Crippen molar-refractivity contribution in [1.82, 2.24) is 10.2 Å². The Kier molecular flexibility index (Phi) is 8.79. The molecule has 2 amide bonds. The number of benzene rings is 1. The van der Waals surface area contributed by atoms with E-state index in [1.54, 1.807) is 12.1 Å². The molecule has 0 spiro atoms. The summed E-state index contributed by atoms with van der Waals surface area (Å²) >= 11 is 0. The molecule has 1 heterocycles. The molecule has 0 bridgehead atoms. The Morgan fingerprint density at radius 3 is 2.71 bits per heavy atom. The molecule has 2 rings (SSSR count). The minimum atomic E-state index is -0.0500. The van der Waals surface area contributed by atoms with Gasteiger partial charge in [0.25, 0.3) is 5.91 Å². The Hall–Kier alpha value is -1.59. The first-order valence-corrected chi connectivity index (χ1v) is 8.43. The van der Waals surface area contributed by atoms with E-state index < -0.39 is 0 Å². The van der Waals surface area contributed by atoms with Crippen molar-refractivity contribution in [3.8, 4) is 0 Å². The van der Waals surface area contributed by atoms with Crippen LogP contribution in [0.25, 0.3) is 0 Å². The van der Waals surface area contributed by atoms with Gasteiger partial charge >= 0.3 is 0 Å². The lowest BCUT2D eigenvalue weighted by Crippen LogP contribution is -2.44. The van der Waals surface area contributed by atoms with Gasteiger partial charge in [0.05, 0.1) is 0 Å². The highest BCUT2D eigenvalue weighted by Crippen LogP contribution is 2.17. The van der Waals surface area contributed by atoms with Crippen molar-refractivity contribution in [2.75, 3.05) is 19.6 Å². The third-order valence-corrected chi connectivity index (χ3v) is 4.27. The Morgan fingerprint density at radius 1 is 1.33 bits per heavy atom. The number of hydrogen-bond acceptors (Lipinski definition) is 3. The van der Waals surface area contributed by atoms with E-state index in [0.717, 1.165) is 32.4 Å². The van der Waals surface area contributed by atoms with Crippen molar-refractivity contribution in [2.24, 2.45) is 11.7 Å². The number of rotatable bonds is 6. The van der Waals surface area contributed by atoms with Gasteiger partial charge in [0, 0.05) is 37.7 Å². The highest BCUT2D eigenvalue weighted by atomic mass is 35.5. The van der Waals surface area contributed by atoms with Crippen LogP contribution in [0.2, 0.25) is 0 Å². The minimum absolute atomic E-state index is 0. The molecular weight excluding hydrogens is 326 g/mol. The van der Waals surface area contributed by atoms with Crippen LogP contribution >= 0.6 is 12.4 Å². The Labute approximate surface area is 150 Å². The fraction of sp³-hybridized carbons (Fsp3) is 0.556. The number of carbonyl (C=O) groups is 2. The predicted octanol–water partition coefficient (Wildman–Crippen LogP) is 2.20. The van der Waals surface area contributed by atoms with E-state index in [1.807, 2.05) is 30.0 Å². The van der Waals surface area contributed by atoms with Crippen LogP contribution in [0.3, 0.4) is 0 Å². The molecule has 3 N–H and O–H groups in total. The average molecular weight is 354 g/mol. The highest BCUT2D eigenvalue weighted by molar-refractivity contribution is 5.94. The largest absolute Gasteiger partial charge is 0.352 e. The van der Waals surface area contributed by atoms with Crippen molar-refractivity contribution in [2.45, 2.75) is 38.6 Å². The minimum Gasteiger partial charge on any atom is -0.352 e. The van der Waals surface area contributed by atoms with E-state index >= 15 is 0 Å². The van der Waals surface area contributed by atoms with Gasteiger partial charge in [-0.25, -0.2) is 0 Å². The molecule has 0 aromatic heterocycles. The summed E-state index contributed by atoms with van der Waals surface area (Å²) in [4.78, 5) is 26.2. The molecule has 1 aromatic carbocycles. The molecule has 0 saturated carbocycles. The van der Waals surface area contributed by atoms with E-state index in [1.165, 1.54) is 0 Å². The molecule has 1 aromatic rings. The average Bonchev–Trinajstić information content (AvgIpc) is 2.58. The summed E-state index contributed by atoms with van der Waals surface area (Å²) in [5.74, 6) is 0.461. The summed E-state index contributed by atoms with van der Waals surface area (Å²) in [6.45, 7) is 4.09. The van der Waals surface area contributed by atoms with Gasteiger partial charge in [-0.05, 0) is 44.2 Å². The summed E-state index contributed by atoms with van der Waals surface area (Å²) in [5, 5.41) is 2.98. The normalized spacial score (nSPS) is 18.4. The zero-order valence-electron chi connectivity index (χ0n) is 14.2. The Balaban J connectivity index is 0.00000288. The monoisotopic (exact) mass is 353 g/mol. The SMILES string of the molecule is CC(N)CCC(=O)N1CCCC(CNC(=O)c2ccccc2)C1.Cl. The maximum Gasteiger partial charge on any atom is 0.251 e. The van der Waals surface area contributed by atoms with Crippen LogP contribution in [-0.2, 0) is 4.79 Å². The fourth-order valence-corrected chi connectivity index (χ4v) is 2.90. The van der Waals surface area contributed by atoms with E-state index in [4.69, 9.17) is 5.73 Å². The highest BCUT2D eigenvalue weighted by Gasteiger charge is 2.23. The van der Waals surface area contributed by atoms with Gasteiger partial charge in [-0.2, -0.15) is 0 Å². The van der Waals surface area contributed by atoms with Gasteiger partial charge in [0.15, 0.2) is 0 Å². The summed E-state index contributed by atoms with van der Waals surface area (Å²) < 4.78 is 0. The van der Waals surface area contributed by atoms with Crippen molar-refractivity contribution in [1.29, 1.82) is 0 Å². The molecule has 1 fully saturated rings. The molecule has 1 aliphatic heterocycles. The molecule has 2 unspecified atom stereocenters. The van der Waals surface area contributed by atoms with Crippen molar-refractivity contribution in [3.05, 3.63) is 35.9 Å². The molecular formula is C18H28ClN3O2. The van der Waals surface area contributed by atoms with E-state index in [0.29, 0.717) is 24.4 Å². The van der Waals surface area contributed by atoms with Crippen LogP contribution in [0.4, 0.5) is 0 Å². The zero-order chi connectivity index (χ0) is 16.7. The number of nitrogens with zero attached hydrogens (tertiary/aromatic N) is 1. The van der Waals surface area contributed by atoms with Crippen LogP contribution in [0.1, 0.15) is 43.0 Å². The van der Waals surface area contributed by atoms with Crippen LogP contribution < -0.4 is 11.1 Å². The molecule has 0 radical (unpaired) electrons. The molecule has 5 nitrogen and oxygen atoms in total. The number of hydrogen-bond donors (Lipinski definition) is 2. The Morgan fingerprint density at radius 2 is 2.04 bits per heavy atom. The maximum atomic E-state index is 12.2. The maximum absolute atomic E-state index is 12.2. The van der Waals surface area contributed by atoms with Crippen LogP contribution in [0.5, 0.6) is 0 Å². The lowest BCUT2D eigenvalue weighted by atomic mass is 9.97. The summed E-state index contributed by atoms with van der Waals surface area (Å²) in [7, 11) is 0. The van der Waals surface area contributed by atoms with E-state index in [9.17, 15) is 9.59 Å².